The first-order valence-electron chi connectivity index (χ1n) is 7.37. The number of hydrogen-bond donors (Lipinski definition) is 1. The average molecular weight is 344 g/mol. The topological polar surface area (TPSA) is 75.7 Å². The number of sulfonamides is 1. The Morgan fingerprint density at radius 2 is 2.22 bits per heavy atom. The highest BCUT2D eigenvalue weighted by Gasteiger charge is 2.27. The lowest BCUT2D eigenvalue weighted by atomic mass is 9.97. The van der Waals surface area contributed by atoms with Crippen molar-refractivity contribution in [1.29, 1.82) is 0 Å². The SMILES string of the molecule is COc1ccc(F)cc1C(=O)N1CCCC(CNS(C)(=O)=O)C1. The van der Waals surface area contributed by atoms with Crippen molar-refractivity contribution in [3.05, 3.63) is 29.6 Å². The van der Waals surface area contributed by atoms with E-state index in [9.17, 15) is 17.6 Å². The largest absolute Gasteiger partial charge is 0.496 e. The summed E-state index contributed by atoms with van der Waals surface area (Å²) in [5.41, 5.74) is 0.184. The first-order valence-corrected chi connectivity index (χ1v) is 9.26. The van der Waals surface area contributed by atoms with E-state index in [4.69, 9.17) is 4.74 Å². The molecule has 1 fully saturated rings. The van der Waals surface area contributed by atoms with Crippen LogP contribution in [0.4, 0.5) is 4.39 Å². The molecule has 0 saturated carbocycles. The fourth-order valence-electron chi connectivity index (χ4n) is 2.70. The zero-order chi connectivity index (χ0) is 17.0. The van der Waals surface area contributed by atoms with Gasteiger partial charge in [0.15, 0.2) is 0 Å². The summed E-state index contributed by atoms with van der Waals surface area (Å²) in [4.78, 5) is 14.2. The van der Waals surface area contributed by atoms with Crippen LogP contribution in [0.5, 0.6) is 5.75 Å². The van der Waals surface area contributed by atoms with E-state index < -0.39 is 15.8 Å². The van der Waals surface area contributed by atoms with E-state index in [0.717, 1.165) is 19.1 Å². The lowest BCUT2D eigenvalue weighted by Crippen LogP contribution is -2.43. The molecule has 0 radical (unpaired) electrons. The second-order valence-corrected chi connectivity index (χ2v) is 7.56. The van der Waals surface area contributed by atoms with Crippen molar-refractivity contribution in [2.24, 2.45) is 5.92 Å². The summed E-state index contributed by atoms with van der Waals surface area (Å²) in [5, 5.41) is 0. The summed E-state index contributed by atoms with van der Waals surface area (Å²) < 4.78 is 43.4. The minimum atomic E-state index is -3.25. The number of ether oxygens (including phenoxy) is 1. The predicted octanol–water partition coefficient (Wildman–Crippen LogP) is 1.24. The summed E-state index contributed by atoms with van der Waals surface area (Å²) in [6, 6.07) is 3.83. The molecule has 1 atom stereocenters. The number of amides is 1. The molecule has 8 heteroatoms. The molecule has 1 aliphatic heterocycles. The fourth-order valence-corrected chi connectivity index (χ4v) is 3.24. The Morgan fingerprint density at radius 1 is 1.48 bits per heavy atom. The smallest absolute Gasteiger partial charge is 0.257 e. The molecule has 1 aliphatic rings. The van der Waals surface area contributed by atoms with Crippen LogP contribution >= 0.6 is 0 Å². The van der Waals surface area contributed by atoms with E-state index in [1.54, 1.807) is 4.90 Å². The molecule has 1 saturated heterocycles. The van der Waals surface area contributed by atoms with E-state index in [0.29, 0.717) is 25.4 Å². The Labute approximate surface area is 135 Å². The van der Waals surface area contributed by atoms with E-state index in [1.807, 2.05) is 0 Å². The summed E-state index contributed by atoms with van der Waals surface area (Å²) in [6.45, 7) is 1.29. The van der Waals surface area contributed by atoms with Crippen molar-refractivity contribution in [3.63, 3.8) is 0 Å². The molecule has 6 nitrogen and oxygen atoms in total. The van der Waals surface area contributed by atoms with Gasteiger partial charge in [0, 0.05) is 19.6 Å². The fraction of sp³-hybridized carbons (Fsp3) is 0.533. The second kappa shape index (κ2) is 7.27. The first-order chi connectivity index (χ1) is 10.8. The van der Waals surface area contributed by atoms with Gasteiger partial charge in [-0.15, -0.1) is 0 Å². The van der Waals surface area contributed by atoms with Gasteiger partial charge in [0.25, 0.3) is 5.91 Å². The predicted molar refractivity (Wildman–Crippen MR) is 84.4 cm³/mol. The summed E-state index contributed by atoms with van der Waals surface area (Å²) in [5.74, 6) is -0.429. The Kier molecular flexibility index (Phi) is 5.59. The monoisotopic (exact) mass is 344 g/mol. The standard InChI is InChI=1S/C15H21FN2O4S/c1-22-14-6-5-12(16)8-13(14)15(19)18-7-3-4-11(10-18)9-17-23(2,20)21/h5-6,8,11,17H,3-4,7,9-10H2,1-2H3. The normalized spacial score (nSPS) is 18.7. The van der Waals surface area contributed by atoms with Gasteiger partial charge in [0.2, 0.25) is 10.0 Å². The van der Waals surface area contributed by atoms with Gasteiger partial charge >= 0.3 is 0 Å². The van der Waals surface area contributed by atoms with Crippen LogP contribution in [0, 0.1) is 11.7 Å². The molecule has 1 N–H and O–H groups in total. The minimum Gasteiger partial charge on any atom is -0.496 e. The maximum Gasteiger partial charge on any atom is 0.257 e. The van der Waals surface area contributed by atoms with Crippen molar-refractivity contribution in [1.82, 2.24) is 9.62 Å². The van der Waals surface area contributed by atoms with Crippen LogP contribution in [0.1, 0.15) is 23.2 Å². The maximum absolute atomic E-state index is 13.4. The van der Waals surface area contributed by atoms with Gasteiger partial charge in [-0.05, 0) is 37.0 Å². The Balaban J connectivity index is 2.09. The molecule has 0 bridgehead atoms. The van der Waals surface area contributed by atoms with Gasteiger partial charge in [0.05, 0.1) is 18.9 Å². The number of halogens is 1. The third kappa shape index (κ3) is 4.90. The zero-order valence-corrected chi connectivity index (χ0v) is 14.0. The summed E-state index contributed by atoms with van der Waals surface area (Å²) in [6.07, 6.45) is 2.72. The van der Waals surface area contributed by atoms with Crippen molar-refractivity contribution in [2.75, 3.05) is 33.0 Å². The molecule has 1 aromatic carbocycles. The quantitative estimate of drug-likeness (QED) is 0.872. The molecule has 128 valence electrons. The van der Waals surface area contributed by atoms with Gasteiger partial charge in [-0.3, -0.25) is 4.79 Å². The number of piperidine rings is 1. The van der Waals surface area contributed by atoms with Gasteiger partial charge < -0.3 is 9.64 Å². The molecular weight excluding hydrogens is 323 g/mol. The molecular formula is C15H21FN2O4S. The van der Waals surface area contributed by atoms with E-state index in [-0.39, 0.29) is 17.4 Å². The number of rotatable bonds is 5. The average Bonchev–Trinajstić information content (AvgIpc) is 2.52. The molecule has 1 unspecified atom stereocenters. The van der Waals surface area contributed by atoms with Crippen molar-refractivity contribution >= 4 is 15.9 Å². The lowest BCUT2D eigenvalue weighted by molar-refractivity contribution is 0.0672. The second-order valence-electron chi connectivity index (χ2n) is 5.72. The van der Waals surface area contributed by atoms with Crippen LogP contribution in [-0.4, -0.2) is 52.2 Å². The van der Waals surface area contributed by atoms with E-state index in [2.05, 4.69) is 4.72 Å². The van der Waals surface area contributed by atoms with E-state index in [1.165, 1.54) is 25.3 Å². The van der Waals surface area contributed by atoms with Gasteiger partial charge in [0.1, 0.15) is 11.6 Å². The van der Waals surface area contributed by atoms with Crippen LogP contribution in [0.3, 0.4) is 0 Å². The highest BCUT2D eigenvalue weighted by atomic mass is 32.2. The maximum atomic E-state index is 13.4. The molecule has 0 aromatic heterocycles. The molecule has 1 amide bonds. The lowest BCUT2D eigenvalue weighted by Gasteiger charge is -2.33. The Hall–Kier alpha value is -1.67. The van der Waals surface area contributed by atoms with Crippen LogP contribution in [-0.2, 0) is 10.0 Å². The number of nitrogens with one attached hydrogen (secondary N) is 1. The Morgan fingerprint density at radius 3 is 2.87 bits per heavy atom. The van der Waals surface area contributed by atoms with Gasteiger partial charge in [-0.25, -0.2) is 17.5 Å². The molecule has 0 aliphatic carbocycles. The summed E-state index contributed by atoms with van der Waals surface area (Å²) >= 11 is 0. The van der Waals surface area contributed by atoms with Crippen molar-refractivity contribution in [2.45, 2.75) is 12.8 Å². The number of carbonyl (C=O) groups is 1. The first kappa shape index (κ1) is 17.7. The number of methoxy groups -OCH3 is 1. The molecule has 0 spiro atoms. The number of carbonyl (C=O) groups excluding carboxylic acids is 1. The van der Waals surface area contributed by atoms with Crippen LogP contribution < -0.4 is 9.46 Å². The molecule has 1 heterocycles. The highest BCUT2D eigenvalue weighted by molar-refractivity contribution is 7.88. The Bertz CT molecular complexity index is 678. The number of benzene rings is 1. The highest BCUT2D eigenvalue weighted by Crippen LogP contribution is 2.24. The summed E-state index contributed by atoms with van der Waals surface area (Å²) in [7, 11) is -1.82. The van der Waals surface area contributed by atoms with Gasteiger partial charge in [-0.1, -0.05) is 0 Å². The number of nitrogens with zero attached hydrogens (tertiary/aromatic N) is 1. The molecule has 2 rings (SSSR count). The zero-order valence-electron chi connectivity index (χ0n) is 13.2. The van der Waals surface area contributed by atoms with Crippen molar-refractivity contribution in [3.8, 4) is 5.75 Å². The third-order valence-electron chi connectivity index (χ3n) is 3.83. The van der Waals surface area contributed by atoms with Crippen LogP contribution in [0.25, 0.3) is 0 Å². The molecule has 1 aromatic rings. The molecule has 23 heavy (non-hydrogen) atoms. The van der Waals surface area contributed by atoms with Crippen LogP contribution in [0.2, 0.25) is 0 Å². The number of hydrogen-bond acceptors (Lipinski definition) is 4. The minimum absolute atomic E-state index is 0.0435. The van der Waals surface area contributed by atoms with Crippen molar-refractivity contribution < 1.29 is 22.3 Å². The number of likely N-dealkylation sites (tertiary alicyclic amines) is 1. The van der Waals surface area contributed by atoms with Gasteiger partial charge in [-0.2, -0.15) is 0 Å². The van der Waals surface area contributed by atoms with E-state index >= 15 is 0 Å². The third-order valence-corrected chi connectivity index (χ3v) is 4.52. The van der Waals surface area contributed by atoms with Crippen LogP contribution in [0.15, 0.2) is 18.2 Å².